The van der Waals surface area contributed by atoms with Gasteiger partial charge < -0.3 is 11.1 Å². The van der Waals surface area contributed by atoms with Gasteiger partial charge in [-0.3, -0.25) is 4.79 Å². The molecule has 1 aromatic rings. The van der Waals surface area contributed by atoms with Crippen molar-refractivity contribution in [2.24, 2.45) is 5.73 Å². The van der Waals surface area contributed by atoms with Crippen molar-refractivity contribution in [3.63, 3.8) is 0 Å². The highest BCUT2D eigenvalue weighted by atomic mass is 32.1. The summed E-state index contributed by atoms with van der Waals surface area (Å²) in [5.41, 5.74) is 5.34. The van der Waals surface area contributed by atoms with Crippen LogP contribution in [0.4, 0.5) is 0 Å². The van der Waals surface area contributed by atoms with Crippen LogP contribution in [0.3, 0.4) is 0 Å². The maximum atomic E-state index is 11.3. The van der Waals surface area contributed by atoms with E-state index in [1.165, 1.54) is 0 Å². The highest BCUT2D eigenvalue weighted by Gasteiger charge is 2.00. The van der Waals surface area contributed by atoms with Crippen molar-refractivity contribution in [3.8, 4) is 0 Å². The SMILES string of the molecule is NCCCCC(=O)NCCc1nccs1. The minimum atomic E-state index is 0.111. The Labute approximate surface area is 93.9 Å². The predicted octanol–water partition coefficient (Wildman–Crippen LogP) is 0.931. The van der Waals surface area contributed by atoms with Crippen LogP contribution in [0.5, 0.6) is 0 Å². The van der Waals surface area contributed by atoms with Gasteiger partial charge in [0.25, 0.3) is 0 Å². The molecule has 0 aromatic carbocycles. The van der Waals surface area contributed by atoms with Crippen molar-refractivity contribution < 1.29 is 4.79 Å². The number of nitrogens with zero attached hydrogens (tertiary/aromatic N) is 1. The Kier molecular flexibility index (Phi) is 5.96. The van der Waals surface area contributed by atoms with Crippen LogP contribution in [-0.4, -0.2) is 24.0 Å². The molecule has 0 unspecified atom stereocenters. The average molecular weight is 227 g/mol. The van der Waals surface area contributed by atoms with Gasteiger partial charge in [-0.1, -0.05) is 0 Å². The predicted molar refractivity (Wildman–Crippen MR) is 61.7 cm³/mol. The van der Waals surface area contributed by atoms with Crippen LogP contribution in [0, 0.1) is 0 Å². The molecule has 1 aromatic heterocycles. The van der Waals surface area contributed by atoms with Gasteiger partial charge in [0, 0.05) is 31.0 Å². The van der Waals surface area contributed by atoms with Crippen LogP contribution in [0.25, 0.3) is 0 Å². The second-order valence-corrected chi connectivity index (χ2v) is 4.25. The van der Waals surface area contributed by atoms with Gasteiger partial charge in [-0.2, -0.15) is 0 Å². The Balaban J connectivity index is 2.02. The first kappa shape index (κ1) is 12.1. The summed E-state index contributed by atoms with van der Waals surface area (Å²) in [7, 11) is 0. The first-order chi connectivity index (χ1) is 7.33. The second kappa shape index (κ2) is 7.36. The Hall–Kier alpha value is -0.940. The molecule has 0 atom stereocenters. The molecule has 0 aliphatic heterocycles. The summed E-state index contributed by atoms with van der Waals surface area (Å²) in [6.07, 6.45) is 4.97. The van der Waals surface area contributed by atoms with Gasteiger partial charge in [-0.25, -0.2) is 4.98 Å². The molecular formula is C10H17N3OS. The van der Waals surface area contributed by atoms with Crippen LogP contribution in [-0.2, 0) is 11.2 Å². The number of rotatable bonds is 7. The topological polar surface area (TPSA) is 68.0 Å². The molecule has 5 heteroatoms. The first-order valence-corrected chi connectivity index (χ1v) is 6.06. The van der Waals surface area contributed by atoms with Crippen molar-refractivity contribution in [3.05, 3.63) is 16.6 Å². The van der Waals surface area contributed by atoms with Gasteiger partial charge in [-0.05, 0) is 19.4 Å². The van der Waals surface area contributed by atoms with Gasteiger partial charge in [-0.15, -0.1) is 11.3 Å². The molecule has 0 aliphatic carbocycles. The van der Waals surface area contributed by atoms with Gasteiger partial charge in [0.1, 0.15) is 0 Å². The van der Waals surface area contributed by atoms with E-state index in [0.717, 1.165) is 24.3 Å². The molecule has 3 N–H and O–H groups in total. The molecule has 84 valence electrons. The van der Waals surface area contributed by atoms with Crippen LogP contribution in [0.1, 0.15) is 24.3 Å². The number of unbranched alkanes of at least 4 members (excludes halogenated alkanes) is 1. The molecule has 0 spiro atoms. The van der Waals surface area contributed by atoms with Crippen molar-refractivity contribution in [2.75, 3.05) is 13.1 Å². The molecule has 0 aliphatic rings. The number of nitrogens with two attached hydrogens (primary N) is 1. The van der Waals surface area contributed by atoms with E-state index in [-0.39, 0.29) is 5.91 Å². The summed E-state index contributed by atoms with van der Waals surface area (Å²) in [6, 6.07) is 0. The number of hydrogen-bond donors (Lipinski definition) is 2. The number of hydrogen-bond acceptors (Lipinski definition) is 4. The van der Waals surface area contributed by atoms with E-state index in [0.29, 0.717) is 19.5 Å². The van der Waals surface area contributed by atoms with Crippen molar-refractivity contribution in [2.45, 2.75) is 25.7 Å². The smallest absolute Gasteiger partial charge is 0.220 e. The van der Waals surface area contributed by atoms with Crippen molar-refractivity contribution in [1.29, 1.82) is 0 Å². The average Bonchev–Trinajstić information content (AvgIpc) is 2.71. The maximum Gasteiger partial charge on any atom is 0.220 e. The number of amides is 1. The zero-order valence-electron chi connectivity index (χ0n) is 8.74. The van der Waals surface area contributed by atoms with E-state index in [9.17, 15) is 4.79 Å². The largest absolute Gasteiger partial charge is 0.356 e. The zero-order chi connectivity index (χ0) is 10.9. The van der Waals surface area contributed by atoms with Gasteiger partial charge in [0.2, 0.25) is 5.91 Å². The lowest BCUT2D eigenvalue weighted by molar-refractivity contribution is -0.121. The van der Waals surface area contributed by atoms with E-state index in [1.54, 1.807) is 17.5 Å². The van der Waals surface area contributed by atoms with E-state index in [2.05, 4.69) is 10.3 Å². The summed E-state index contributed by atoms with van der Waals surface area (Å²) < 4.78 is 0. The van der Waals surface area contributed by atoms with Crippen LogP contribution < -0.4 is 11.1 Å². The second-order valence-electron chi connectivity index (χ2n) is 3.27. The van der Waals surface area contributed by atoms with E-state index in [4.69, 9.17) is 5.73 Å². The molecular weight excluding hydrogens is 210 g/mol. The molecule has 1 amide bonds. The zero-order valence-corrected chi connectivity index (χ0v) is 9.55. The Morgan fingerprint density at radius 1 is 1.53 bits per heavy atom. The minimum Gasteiger partial charge on any atom is -0.356 e. The number of carbonyl (C=O) groups is 1. The lowest BCUT2D eigenvalue weighted by Gasteiger charge is -2.02. The number of carbonyl (C=O) groups excluding carboxylic acids is 1. The maximum absolute atomic E-state index is 11.3. The van der Waals surface area contributed by atoms with Crippen molar-refractivity contribution >= 4 is 17.2 Å². The third-order valence-electron chi connectivity index (χ3n) is 2.00. The molecule has 0 saturated carbocycles. The minimum absolute atomic E-state index is 0.111. The normalized spacial score (nSPS) is 10.2. The first-order valence-electron chi connectivity index (χ1n) is 5.18. The third kappa shape index (κ3) is 5.49. The Morgan fingerprint density at radius 2 is 2.40 bits per heavy atom. The highest BCUT2D eigenvalue weighted by Crippen LogP contribution is 2.03. The quantitative estimate of drug-likeness (QED) is 0.681. The molecule has 0 fully saturated rings. The van der Waals surface area contributed by atoms with Crippen molar-refractivity contribution in [1.82, 2.24) is 10.3 Å². The van der Waals surface area contributed by atoms with E-state index in [1.807, 2.05) is 5.38 Å². The summed E-state index contributed by atoms with van der Waals surface area (Å²) in [5, 5.41) is 5.88. The molecule has 0 saturated heterocycles. The lowest BCUT2D eigenvalue weighted by Crippen LogP contribution is -2.25. The standard InChI is InChI=1S/C10H17N3OS/c11-5-2-1-3-9(14)12-6-4-10-13-7-8-15-10/h7-8H,1-6,11H2,(H,12,14). The number of aromatic nitrogens is 1. The summed E-state index contributed by atoms with van der Waals surface area (Å²) in [4.78, 5) is 15.4. The van der Waals surface area contributed by atoms with Crippen LogP contribution in [0.2, 0.25) is 0 Å². The molecule has 4 nitrogen and oxygen atoms in total. The van der Waals surface area contributed by atoms with E-state index < -0.39 is 0 Å². The van der Waals surface area contributed by atoms with Crippen LogP contribution >= 0.6 is 11.3 Å². The molecule has 0 bridgehead atoms. The van der Waals surface area contributed by atoms with Crippen LogP contribution in [0.15, 0.2) is 11.6 Å². The number of nitrogens with one attached hydrogen (secondary N) is 1. The summed E-state index contributed by atoms with van der Waals surface area (Å²) in [6.45, 7) is 1.33. The fourth-order valence-electron chi connectivity index (χ4n) is 1.20. The lowest BCUT2D eigenvalue weighted by atomic mass is 10.2. The highest BCUT2D eigenvalue weighted by molar-refractivity contribution is 7.09. The van der Waals surface area contributed by atoms with Gasteiger partial charge in [0.15, 0.2) is 0 Å². The van der Waals surface area contributed by atoms with Gasteiger partial charge >= 0.3 is 0 Å². The summed E-state index contributed by atoms with van der Waals surface area (Å²) >= 11 is 1.62. The fourth-order valence-corrected chi connectivity index (χ4v) is 1.82. The molecule has 15 heavy (non-hydrogen) atoms. The monoisotopic (exact) mass is 227 g/mol. The molecule has 0 radical (unpaired) electrons. The molecule has 1 rings (SSSR count). The third-order valence-corrected chi connectivity index (χ3v) is 2.84. The fraction of sp³-hybridized carbons (Fsp3) is 0.600. The number of thiazole rings is 1. The van der Waals surface area contributed by atoms with Gasteiger partial charge in [0.05, 0.1) is 5.01 Å². The molecule has 1 heterocycles. The summed E-state index contributed by atoms with van der Waals surface area (Å²) in [5.74, 6) is 0.111. The Morgan fingerprint density at radius 3 is 3.07 bits per heavy atom. The van der Waals surface area contributed by atoms with E-state index >= 15 is 0 Å². The Bertz CT molecular complexity index is 274.